The molecule has 18 heavy (non-hydrogen) atoms. The summed E-state index contributed by atoms with van der Waals surface area (Å²) < 4.78 is 6.91. The molecule has 0 aliphatic rings. The number of nitrogens with zero attached hydrogens (tertiary/aromatic N) is 1. The van der Waals surface area contributed by atoms with Crippen molar-refractivity contribution in [1.29, 1.82) is 0 Å². The van der Waals surface area contributed by atoms with Gasteiger partial charge in [-0.2, -0.15) is 0 Å². The van der Waals surface area contributed by atoms with Gasteiger partial charge in [0.2, 0.25) is 0 Å². The Bertz CT molecular complexity index is 599. The van der Waals surface area contributed by atoms with Gasteiger partial charge in [-0.3, -0.25) is 0 Å². The number of ether oxygens (including phenoxy) is 1. The van der Waals surface area contributed by atoms with Gasteiger partial charge in [0.05, 0.1) is 12.7 Å². The highest BCUT2D eigenvalue weighted by Crippen LogP contribution is 2.29. The van der Waals surface area contributed by atoms with Gasteiger partial charge in [-0.1, -0.05) is 6.92 Å². The maximum absolute atomic E-state index is 11.9. The van der Waals surface area contributed by atoms with Gasteiger partial charge in [0.25, 0.3) is 0 Å². The van der Waals surface area contributed by atoms with Crippen molar-refractivity contribution in [2.75, 3.05) is 7.11 Å². The first-order valence-corrected chi connectivity index (χ1v) is 6.00. The zero-order chi connectivity index (χ0) is 13.3. The largest absolute Gasteiger partial charge is 0.508 e. The predicted molar refractivity (Wildman–Crippen MR) is 70.0 cm³/mol. The summed E-state index contributed by atoms with van der Waals surface area (Å²) in [4.78, 5) is 11.9. The summed E-state index contributed by atoms with van der Waals surface area (Å²) in [5, 5.41) is 10.3. The number of benzene rings is 1. The lowest BCUT2D eigenvalue weighted by atomic mass is 10.1. The summed E-state index contributed by atoms with van der Waals surface area (Å²) in [5.74, 6) is -0.209. The molecule has 0 spiro atoms. The van der Waals surface area contributed by atoms with Crippen LogP contribution >= 0.6 is 0 Å². The van der Waals surface area contributed by atoms with Crippen molar-refractivity contribution in [2.45, 2.75) is 26.8 Å². The molecule has 0 radical (unpaired) electrons. The number of esters is 1. The third-order valence-electron chi connectivity index (χ3n) is 3.14. The third-order valence-corrected chi connectivity index (χ3v) is 3.14. The summed E-state index contributed by atoms with van der Waals surface area (Å²) in [7, 11) is 1.37. The molecule has 0 unspecified atom stereocenters. The van der Waals surface area contributed by atoms with E-state index in [1.165, 1.54) is 7.11 Å². The number of fused-ring (bicyclic) bond motifs is 1. The first-order chi connectivity index (χ1) is 8.60. The van der Waals surface area contributed by atoms with E-state index in [1.807, 2.05) is 13.0 Å². The lowest BCUT2D eigenvalue weighted by Gasteiger charge is -2.06. The molecular formula is C14H17NO3. The number of hydrogen-bond donors (Lipinski definition) is 1. The van der Waals surface area contributed by atoms with Gasteiger partial charge in [-0.05, 0) is 31.5 Å². The minimum atomic E-state index is -0.363. The number of carbonyl (C=O) groups is 1. The Balaban J connectivity index is 2.78. The van der Waals surface area contributed by atoms with E-state index in [9.17, 15) is 9.90 Å². The third kappa shape index (κ3) is 1.83. The summed E-state index contributed by atoms with van der Waals surface area (Å²) in [5.41, 5.74) is 2.37. The maximum Gasteiger partial charge on any atom is 0.340 e. The summed E-state index contributed by atoms with van der Waals surface area (Å²) in [6.07, 6.45) is 0.978. The molecule has 2 aromatic rings. The van der Waals surface area contributed by atoms with E-state index < -0.39 is 0 Å². The predicted octanol–water partition coefficient (Wildman–Crippen LogP) is 2.85. The molecule has 4 nitrogen and oxygen atoms in total. The van der Waals surface area contributed by atoms with Crippen molar-refractivity contribution in [1.82, 2.24) is 4.57 Å². The van der Waals surface area contributed by atoms with Crippen LogP contribution in [0.5, 0.6) is 5.75 Å². The second kappa shape index (κ2) is 4.72. The summed E-state index contributed by atoms with van der Waals surface area (Å²) in [6, 6.07) is 5.08. The zero-order valence-corrected chi connectivity index (χ0v) is 10.9. The van der Waals surface area contributed by atoms with Crippen molar-refractivity contribution >= 4 is 16.9 Å². The fourth-order valence-corrected chi connectivity index (χ4v) is 2.34. The minimum absolute atomic E-state index is 0.154. The number of phenols is 1. The Morgan fingerprint density at radius 1 is 1.44 bits per heavy atom. The van der Waals surface area contributed by atoms with Crippen LogP contribution in [-0.2, 0) is 11.3 Å². The molecule has 2 rings (SSSR count). The molecule has 1 N–H and O–H groups in total. The Labute approximate surface area is 106 Å². The van der Waals surface area contributed by atoms with E-state index >= 15 is 0 Å². The number of rotatable bonds is 3. The fourth-order valence-electron chi connectivity index (χ4n) is 2.34. The summed E-state index contributed by atoms with van der Waals surface area (Å²) in [6.45, 7) is 4.83. The molecule has 0 saturated heterocycles. The minimum Gasteiger partial charge on any atom is -0.508 e. The number of aromatic nitrogens is 1. The normalized spacial score (nSPS) is 10.8. The van der Waals surface area contributed by atoms with Gasteiger partial charge in [0.15, 0.2) is 0 Å². The van der Waals surface area contributed by atoms with E-state index in [0.29, 0.717) is 5.56 Å². The average Bonchev–Trinajstić information content (AvgIpc) is 2.62. The Morgan fingerprint density at radius 2 is 2.17 bits per heavy atom. The Morgan fingerprint density at radius 3 is 2.78 bits per heavy atom. The Hall–Kier alpha value is -1.97. The van der Waals surface area contributed by atoms with Gasteiger partial charge >= 0.3 is 5.97 Å². The first kappa shape index (κ1) is 12.5. The number of phenolic OH excluding ortho intramolecular Hbond substituents is 1. The number of hydrogen-bond acceptors (Lipinski definition) is 3. The maximum atomic E-state index is 11.9. The van der Waals surface area contributed by atoms with Crippen LogP contribution in [0.15, 0.2) is 18.2 Å². The van der Waals surface area contributed by atoms with E-state index in [1.54, 1.807) is 12.1 Å². The second-order valence-electron chi connectivity index (χ2n) is 4.31. The molecule has 4 heteroatoms. The van der Waals surface area contributed by atoms with Gasteiger partial charge in [-0.15, -0.1) is 0 Å². The molecule has 1 aromatic carbocycles. The molecule has 96 valence electrons. The molecule has 0 aliphatic carbocycles. The molecule has 0 bridgehead atoms. The Kier molecular flexibility index (Phi) is 3.28. The molecule has 0 atom stereocenters. The van der Waals surface area contributed by atoms with E-state index in [4.69, 9.17) is 4.74 Å². The van der Waals surface area contributed by atoms with Crippen molar-refractivity contribution in [3.05, 3.63) is 29.5 Å². The van der Waals surface area contributed by atoms with Crippen molar-refractivity contribution in [2.24, 2.45) is 0 Å². The SMILES string of the molecule is CCCn1c(C)c(C(=O)OC)c2cc(O)ccc21. The lowest BCUT2D eigenvalue weighted by molar-refractivity contribution is 0.0602. The van der Waals surface area contributed by atoms with Crippen molar-refractivity contribution in [3.63, 3.8) is 0 Å². The van der Waals surface area contributed by atoms with E-state index in [-0.39, 0.29) is 11.7 Å². The molecular weight excluding hydrogens is 230 g/mol. The van der Waals surface area contributed by atoms with Crippen molar-refractivity contribution in [3.8, 4) is 5.75 Å². The van der Waals surface area contributed by atoms with Gasteiger partial charge in [-0.25, -0.2) is 4.79 Å². The highest BCUT2D eigenvalue weighted by molar-refractivity contribution is 6.06. The zero-order valence-electron chi connectivity index (χ0n) is 10.9. The highest BCUT2D eigenvalue weighted by Gasteiger charge is 2.20. The van der Waals surface area contributed by atoms with E-state index in [0.717, 1.165) is 29.6 Å². The molecule has 0 amide bonds. The molecule has 0 fully saturated rings. The monoisotopic (exact) mass is 247 g/mol. The summed E-state index contributed by atoms with van der Waals surface area (Å²) >= 11 is 0. The quantitative estimate of drug-likeness (QED) is 0.848. The van der Waals surface area contributed by atoms with Crippen molar-refractivity contribution < 1.29 is 14.6 Å². The number of carbonyl (C=O) groups excluding carboxylic acids is 1. The van der Waals surface area contributed by atoms with Gasteiger partial charge in [0.1, 0.15) is 5.75 Å². The fraction of sp³-hybridized carbons (Fsp3) is 0.357. The van der Waals surface area contributed by atoms with Crippen LogP contribution in [0.3, 0.4) is 0 Å². The van der Waals surface area contributed by atoms with Crippen LogP contribution in [0.4, 0.5) is 0 Å². The second-order valence-corrected chi connectivity index (χ2v) is 4.31. The smallest absolute Gasteiger partial charge is 0.340 e. The van der Waals surface area contributed by atoms with Crippen LogP contribution in [0.2, 0.25) is 0 Å². The topological polar surface area (TPSA) is 51.5 Å². The standard InChI is InChI=1S/C14H17NO3/c1-4-7-15-9(2)13(14(17)18-3)11-8-10(16)5-6-12(11)15/h5-6,8,16H,4,7H2,1-3H3. The van der Waals surface area contributed by atoms with Gasteiger partial charge < -0.3 is 14.4 Å². The van der Waals surface area contributed by atoms with Gasteiger partial charge in [0, 0.05) is 23.1 Å². The first-order valence-electron chi connectivity index (χ1n) is 6.00. The van der Waals surface area contributed by atoms with Crippen LogP contribution < -0.4 is 0 Å². The van der Waals surface area contributed by atoms with Crippen LogP contribution in [0, 0.1) is 6.92 Å². The molecule has 0 aliphatic heterocycles. The number of aromatic hydroxyl groups is 1. The average molecular weight is 247 g/mol. The van der Waals surface area contributed by atoms with E-state index in [2.05, 4.69) is 11.5 Å². The number of aryl methyl sites for hydroxylation is 1. The highest BCUT2D eigenvalue weighted by atomic mass is 16.5. The molecule has 1 aromatic heterocycles. The molecule has 1 heterocycles. The molecule has 0 saturated carbocycles. The van der Waals surface area contributed by atoms with Crippen LogP contribution in [-0.4, -0.2) is 22.8 Å². The van der Waals surface area contributed by atoms with Crippen LogP contribution in [0.1, 0.15) is 29.4 Å². The lowest BCUT2D eigenvalue weighted by Crippen LogP contribution is -2.05. The van der Waals surface area contributed by atoms with Crippen LogP contribution in [0.25, 0.3) is 10.9 Å². The number of methoxy groups -OCH3 is 1.